The molecule has 1 aromatic heterocycles. The lowest BCUT2D eigenvalue weighted by Crippen LogP contribution is -2.14. The average Bonchev–Trinajstić information content (AvgIpc) is 3.24. The van der Waals surface area contributed by atoms with Crippen LogP contribution >= 0.6 is 11.3 Å². The molecule has 0 fully saturated rings. The fourth-order valence-electron chi connectivity index (χ4n) is 2.50. The van der Waals surface area contributed by atoms with E-state index in [-0.39, 0.29) is 34.3 Å². The molecule has 144 valence electrons. The minimum absolute atomic E-state index is 0.0103. The first kappa shape index (κ1) is 19.5. The number of aromatic nitrogens is 1. The van der Waals surface area contributed by atoms with Gasteiger partial charge in [-0.1, -0.05) is 30.3 Å². The highest BCUT2D eigenvalue weighted by molar-refractivity contribution is 7.13. The maximum absolute atomic E-state index is 12.9. The van der Waals surface area contributed by atoms with E-state index in [2.05, 4.69) is 4.98 Å². The zero-order valence-corrected chi connectivity index (χ0v) is 16.0. The van der Waals surface area contributed by atoms with E-state index in [4.69, 9.17) is 19.3 Å². The van der Waals surface area contributed by atoms with Crippen molar-refractivity contribution in [3.8, 4) is 27.8 Å². The van der Waals surface area contributed by atoms with E-state index in [1.807, 2.05) is 30.3 Å². The molecule has 0 radical (unpaired) electrons. The van der Waals surface area contributed by atoms with Crippen molar-refractivity contribution in [3.05, 3.63) is 59.1 Å². The van der Waals surface area contributed by atoms with E-state index in [0.29, 0.717) is 0 Å². The van der Waals surface area contributed by atoms with Crippen molar-refractivity contribution in [1.29, 1.82) is 0 Å². The molecule has 2 aromatic carbocycles. The highest BCUT2D eigenvalue weighted by Crippen LogP contribution is 2.39. The lowest BCUT2D eigenvalue weighted by atomic mass is 10.1. The van der Waals surface area contributed by atoms with E-state index >= 15 is 0 Å². The molecule has 0 saturated carbocycles. The van der Waals surface area contributed by atoms with E-state index in [0.717, 1.165) is 10.6 Å². The number of carbonyl (C=O) groups is 2. The van der Waals surface area contributed by atoms with Crippen molar-refractivity contribution in [2.75, 3.05) is 20.8 Å². The number of thiazole rings is 1. The molecular formula is C20H17NO6S. The molecule has 3 rings (SSSR count). The highest BCUT2D eigenvalue weighted by Gasteiger charge is 2.22. The molecule has 0 amide bonds. The van der Waals surface area contributed by atoms with Crippen LogP contribution < -0.4 is 14.2 Å². The van der Waals surface area contributed by atoms with Crippen LogP contribution in [-0.4, -0.2) is 42.7 Å². The van der Waals surface area contributed by atoms with Gasteiger partial charge in [0, 0.05) is 16.5 Å². The topological polar surface area (TPSA) is 95.0 Å². The largest absolute Gasteiger partial charge is 0.493 e. The van der Waals surface area contributed by atoms with Crippen LogP contribution in [0.1, 0.15) is 16.1 Å². The molecule has 0 aliphatic heterocycles. The molecule has 1 N–H and O–H groups in total. The van der Waals surface area contributed by atoms with Crippen LogP contribution in [-0.2, 0) is 4.79 Å². The van der Waals surface area contributed by atoms with Crippen LogP contribution in [0.5, 0.6) is 17.2 Å². The van der Waals surface area contributed by atoms with E-state index in [1.54, 1.807) is 5.38 Å². The number of ether oxygens (including phenoxy) is 3. The number of hydrogen-bond donors (Lipinski definition) is 1. The molecule has 0 spiro atoms. The van der Waals surface area contributed by atoms with Gasteiger partial charge in [-0.05, 0) is 12.1 Å². The molecule has 8 heteroatoms. The second-order valence-electron chi connectivity index (χ2n) is 5.58. The fraction of sp³-hybridized carbons (Fsp3) is 0.150. The van der Waals surface area contributed by atoms with Crippen LogP contribution in [0.2, 0.25) is 0 Å². The lowest BCUT2D eigenvalue weighted by molar-refractivity contribution is -0.137. The Morgan fingerprint density at radius 2 is 1.71 bits per heavy atom. The summed E-state index contributed by atoms with van der Waals surface area (Å²) in [4.78, 5) is 28.8. The van der Waals surface area contributed by atoms with Gasteiger partial charge in [0.25, 0.3) is 0 Å². The number of nitrogens with zero attached hydrogens (tertiary/aromatic N) is 1. The summed E-state index contributed by atoms with van der Waals surface area (Å²) in [7, 11) is 2.74. The number of benzene rings is 2. The third-order valence-electron chi connectivity index (χ3n) is 3.83. The molecule has 0 saturated heterocycles. The number of esters is 1. The zero-order chi connectivity index (χ0) is 20.1. The van der Waals surface area contributed by atoms with Crippen LogP contribution in [0.25, 0.3) is 10.6 Å². The second-order valence-corrected chi connectivity index (χ2v) is 6.43. The number of methoxy groups -OCH3 is 2. The van der Waals surface area contributed by atoms with Gasteiger partial charge < -0.3 is 19.3 Å². The Morgan fingerprint density at radius 3 is 2.29 bits per heavy atom. The monoisotopic (exact) mass is 399 g/mol. The third-order valence-corrected chi connectivity index (χ3v) is 4.72. The fourth-order valence-corrected chi connectivity index (χ4v) is 3.30. The predicted molar refractivity (Wildman–Crippen MR) is 103 cm³/mol. The van der Waals surface area contributed by atoms with Crippen molar-refractivity contribution in [2.24, 2.45) is 0 Å². The van der Waals surface area contributed by atoms with Gasteiger partial charge in [-0.2, -0.15) is 0 Å². The van der Waals surface area contributed by atoms with Crippen LogP contribution in [0.3, 0.4) is 0 Å². The number of aliphatic hydroxyl groups is 1. The number of ketones is 1. The molecule has 0 bridgehead atoms. The summed E-state index contributed by atoms with van der Waals surface area (Å²) in [5.74, 6) is -0.951. The zero-order valence-electron chi connectivity index (χ0n) is 15.2. The molecule has 28 heavy (non-hydrogen) atoms. The van der Waals surface area contributed by atoms with E-state index in [9.17, 15) is 9.59 Å². The van der Waals surface area contributed by atoms with Gasteiger partial charge in [0.05, 0.1) is 14.2 Å². The Bertz CT molecular complexity index is 974. The Balaban J connectivity index is 1.96. The van der Waals surface area contributed by atoms with Crippen molar-refractivity contribution >= 4 is 23.1 Å². The highest BCUT2D eigenvalue weighted by atomic mass is 32.1. The minimum Gasteiger partial charge on any atom is -0.493 e. The first-order chi connectivity index (χ1) is 13.6. The maximum atomic E-state index is 12.9. The van der Waals surface area contributed by atoms with Gasteiger partial charge in [-0.15, -0.1) is 11.3 Å². The van der Waals surface area contributed by atoms with E-state index in [1.165, 1.54) is 37.7 Å². The molecule has 0 aliphatic rings. The third kappa shape index (κ3) is 4.03. The quantitative estimate of drug-likeness (QED) is 0.371. The minimum atomic E-state index is -0.873. The molecular weight excluding hydrogens is 382 g/mol. The van der Waals surface area contributed by atoms with Crippen molar-refractivity contribution in [2.45, 2.75) is 0 Å². The Labute approximate surface area is 165 Å². The molecule has 0 aliphatic carbocycles. The molecule has 1 heterocycles. The van der Waals surface area contributed by atoms with Crippen LogP contribution in [0.15, 0.2) is 47.8 Å². The summed E-state index contributed by atoms with van der Waals surface area (Å²) in [6.07, 6.45) is 0. The smallest absolute Gasteiger partial charge is 0.337 e. The summed E-state index contributed by atoms with van der Waals surface area (Å²) in [5.41, 5.74) is 1.48. The first-order valence-corrected chi connectivity index (χ1v) is 9.08. The lowest BCUT2D eigenvalue weighted by Gasteiger charge is -2.14. The Morgan fingerprint density at radius 1 is 1.07 bits per heavy atom. The Kier molecular flexibility index (Phi) is 6.03. The summed E-state index contributed by atoms with van der Waals surface area (Å²) in [6.45, 7) is -0.798. The molecule has 0 atom stereocenters. The first-order valence-electron chi connectivity index (χ1n) is 8.20. The SMILES string of the molecule is COc1cc(C(=O)c2csc(-c3ccccc3)n2)cc(OC)c1OC(=O)CO. The molecule has 3 aromatic rings. The summed E-state index contributed by atoms with van der Waals surface area (Å²) >= 11 is 1.37. The van der Waals surface area contributed by atoms with Crippen LogP contribution in [0.4, 0.5) is 0 Å². The summed E-state index contributed by atoms with van der Waals surface area (Å²) in [6, 6.07) is 12.4. The normalized spacial score (nSPS) is 10.4. The Hall–Kier alpha value is -3.23. The van der Waals surface area contributed by atoms with Gasteiger partial charge in [0.2, 0.25) is 11.5 Å². The number of rotatable bonds is 7. The maximum Gasteiger partial charge on any atom is 0.337 e. The summed E-state index contributed by atoms with van der Waals surface area (Å²) < 4.78 is 15.5. The van der Waals surface area contributed by atoms with Gasteiger partial charge in [-0.3, -0.25) is 4.79 Å². The van der Waals surface area contributed by atoms with Gasteiger partial charge in [0.15, 0.2) is 11.5 Å². The van der Waals surface area contributed by atoms with Gasteiger partial charge in [0.1, 0.15) is 17.3 Å². The van der Waals surface area contributed by atoms with Gasteiger partial charge in [-0.25, -0.2) is 9.78 Å². The summed E-state index contributed by atoms with van der Waals surface area (Å²) in [5, 5.41) is 11.3. The van der Waals surface area contributed by atoms with E-state index < -0.39 is 12.6 Å². The number of hydrogen-bond acceptors (Lipinski definition) is 8. The average molecular weight is 399 g/mol. The second kappa shape index (κ2) is 8.64. The van der Waals surface area contributed by atoms with Gasteiger partial charge >= 0.3 is 5.97 Å². The van der Waals surface area contributed by atoms with Crippen molar-refractivity contribution in [1.82, 2.24) is 4.98 Å². The van der Waals surface area contributed by atoms with Crippen molar-refractivity contribution in [3.63, 3.8) is 0 Å². The molecule has 0 unspecified atom stereocenters. The van der Waals surface area contributed by atoms with Crippen LogP contribution in [0, 0.1) is 0 Å². The number of aliphatic hydroxyl groups excluding tert-OH is 1. The standard InChI is InChI=1S/C20H17NO6S/c1-25-15-8-13(9-16(26-2)19(15)27-17(23)10-22)18(24)14-11-28-20(21-14)12-6-4-3-5-7-12/h3-9,11,22H,10H2,1-2H3. The predicted octanol–water partition coefficient (Wildman–Crippen LogP) is 2.96. The molecule has 7 nitrogen and oxygen atoms in total. The number of carbonyl (C=O) groups excluding carboxylic acids is 2. The van der Waals surface area contributed by atoms with Crippen molar-refractivity contribution < 1.29 is 28.9 Å².